The predicted octanol–water partition coefficient (Wildman–Crippen LogP) is 1.14. The normalized spacial score (nSPS) is 10.8. The Morgan fingerprint density at radius 3 is 2.24 bits per heavy atom. The smallest absolute Gasteiger partial charge is 0.220 e. The standard InChI is InChI=1S/C19H34N4O2/c20-11-5-14-21-12-3-4-13-22-15-6-16-23-19(25)10-9-17-7-1-2-8-18(17)24/h1-2,7-8,21-22,24H,3-6,9-16,20H2,(H,23,25). The first kappa shape index (κ1) is 21.4. The molecule has 0 spiro atoms. The van der Waals surface area contributed by atoms with Gasteiger partial charge in [-0.2, -0.15) is 0 Å². The fourth-order valence-electron chi connectivity index (χ4n) is 2.48. The Morgan fingerprint density at radius 1 is 0.920 bits per heavy atom. The van der Waals surface area contributed by atoms with E-state index >= 15 is 0 Å². The van der Waals surface area contributed by atoms with Crippen LogP contribution in [0.3, 0.4) is 0 Å². The summed E-state index contributed by atoms with van der Waals surface area (Å²) in [6.45, 7) is 5.43. The number of aryl methyl sites for hydroxylation is 1. The number of amides is 1. The maximum atomic E-state index is 11.8. The van der Waals surface area contributed by atoms with Gasteiger partial charge in [0.05, 0.1) is 0 Å². The number of carbonyl (C=O) groups excluding carboxylic acids is 1. The van der Waals surface area contributed by atoms with Crippen LogP contribution < -0.4 is 21.7 Å². The van der Waals surface area contributed by atoms with Crippen molar-refractivity contribution in [2.75, 3.05) is 39.3 Å². The molecule has 1 rings (SSSR count). The molecule has 6 nitrogen and oxygen atoms in total. The summed E-state index contributed by atoms with van der Waals surface area (Å²) in [6.07, 6.45) is 5.26. The molecule has 6 heteroatoms. The number of aromatic hydroxyl groups is 1. The molecule has 0 saturated heterocycles. The second-order valence-electron chi connectivity index (χ2n) is 6.18. The molecule has 0 saturated carbocycles. The van der Waals surface area contributed by atoms with Crippen molar-refractivity contribution in [3.63, 3.8) is 0 Å². The Labute approximate surface area is 151 Å². The first-order valence-electron chi connectivity index (χ1n) is 9.39. The molecule has 25 heavy (non-hydrogen) atoms. The Morgan fingerprint density at radius 2 is 1.56 bits per heavy atom. The van der Waals surface area contributed by atoms with Crippen molar-refractivity contribution in [2.45, 2.75) is 38.5 Å². The molecule has 1 aromatic carbocycles. The molecule has 0 radical (unpaired) electrons. The van der Waals surface area contributed by atoms with E-state index in [0.717, 1.165) is 57.5 Å². The molecule has 0 aromatic heterocycles. The fourth-order valence-corrected chi connectivity index (χ4v) is 2.48. The molecule has 0 aliphatic heterocycles. The van der Waals surface area contributed by atoms with Gasteiger partial charge in [-0.25, -0.2) is 0 Å². The first-order chi connectivity index (χ1) is 12.2. The van der Waals surface area contributed by atoms with Gasteiger partial charge in [-0.3, -0.25) is 4.79 Å². The van der Waals surface area contributed by atoms with Gasteiger partial charge in [0.2, 0.25) is 5.91 Å². The van der Waals surface area contributed by atoms with Crippen molar-refractivity contribution in [2.24, 2.45) is 5.73 Å². The van der Waals surface area contributed by atoms with Crippen LogP contribution in [0.4, 0.5) is 0 Å². The third-order valence-electron chi connectivity index (χ3n) is 3.98. The lowest BCUT2D eigenvalue weighted by Gasteiger charge is -2.08. The Balaban J connectivity index is 1.88. The number of carbonyl (C=O) groups is 1. The second-order valence-corrected chi connectivity index (χ2v) is 6.18. The molecule has 6 N–H and O–H groups in total. The summed E-state index contributed by atoms with van der Waals surface area (Å²) < 4.78 is 0. The van der Waals surface area contributed by atoms with Gasteiger partial charge >= 0.3 is 0 Å². The van der Waals surface area contributed by atoms with E-state index in [4.69, 9.17) is 5.73 Å². The second kappa shape index (κ2) is 14.7. The van der Waals surface area contributed by atoms with E-state index in [-0.39, 0.29) is 11.7 Å². The Hall–Kier alpha value is -1.63. The van der Waals surface area contributed by atoms with Crippen molar-refractivity contribution in [1.82, 2.24) is 16.0 Å². The zero-order valence-corrected chi connectivity index (χ0v) is 15.2. The summed E-state index contributed by atoms with van der Waals surface area (Å²) in [6, 6.07) is 7.15. The number of nitrogens with two attached hydrogens (primary N) is 1. The zero-order valence-electron chi connectivity index (χ0n) is 15.2. The van der Waals surface area contributed by atoms with Gasteiger partial charge in [-0.15, -0.1) is 0 Å². The highest BCUT2D eigenvalue weighted by Gasteiger charge is 2.04. The quantitative estimate of drug-likeness (QED) is 0.306. The maximum absolute atomic E-state index is 11.8. The minimum atomic E-state index is 0.0341. The van der Waals surface area contributed by atoms with Gasteiger partial charge in [0.15, 0.2) is 0 Å². The van der Waals surface area contributed by atoms with Crippen LogP contribution in [0.15, 0.2) is 24.3 Å². The van der Waals surface area contributed by atoms with Crippen molar-refractivity contribution >= 4 is 5.91 Å². The minimum Gasteiger partial charge on any atom is -0.508 e. The molecule has 1 aromatic rings. The number of hydrogen-bond donors (Lipinski definition) is 5. The number of hydrogen-bond acceptors (Lipinski definition) is 5. The van der Waals surface area contributed by atoms with Gasteiger partial charge in [0.1, 0.15) is 5.75 Å². The third kappa shape index (κ3) is 11.5. The molecule has 142 valence electrons. The van der Waals surface area contributed by atoms with Crippen LogP contribution in [0.2, 0.25) is 0 Å². The molecule has 0 bridgehead atoms. The third-order valence-corrected chi connectivity index (χ3v) is 3.98. The molecule has 0 aliphatic rings. The lowest BCUT2D eigenvalue weighted by Crippen LogP contribution is -2.28. The van der Waals surface area contributed by atoms with Crippen LogP contribution in [-0.2, 0) is 11.2 Å². The monoisotopic (exact) mass is 350 g/mol. The number of phenolic OH excluding ortho intramolecular Hbond substituents is 1. The summed E-state index contributed by atoms with van der Waals surface area (Å²) in [5.74, 6) is 0.292. The van der Waals surface area contributed by atoms with Gasteiger partial charge < -0.3 is 26.8 Å². The lowest BCUT2D eigenvalue weighted by atomic mass is 10.1. The molecular formula is C19H34N4O2. The molecule has 0 unspecified atom stereocenters. The summed E-state index contributed by atoms with van der Waals surface area (Å²) in [5.41, 5.74) is 6.25. The first-order valence-corrected chi connectivity index (χ1v) is 9.39. The van der Waals surface area contributed by atoms with Crippen LogP contribution in [0.25, 0.3) is 0 Å². The van der Waals surface area contributed by atoms with Crippen molar-refractivity contribution in [1.29, 1.82) is 0 Å². The highest BCUT2D eigenvalue weighted by atomic mass is 16.3. The number of rotatable bonds is 15. The largest absolute Gasteiger partial charge is 0.508 e. The Kier molecular flexibility index (Phi) is 12.6. The highest BCUT2D eigenvalue weighted by molar-refractivity contribution is 5.76. The predicted molar refractivity (Wildman–Crippen MR) is 103 cm³/mol. The Bertz CT molecular complexity index is 468. The topological polar surface area (TPSA) is 99.4 Å². The van der Waals surface area contributed by atoms with E-state index in [1.807, 2.05) is 12.1 Å². The van der Waals surface area contributed by atoms with Crippen LogP contribution in [0, 0.1) is 0 Å². The number of benzene rings is 1. The van der Waals surface area contributed by atoms with E-state index in [0.29, 0.717) is 19.4 Å². The van der Waals surface area contributed by atoms with E-state index in [1.54, 1.807) is 12.1 Å². The number of unbranched alkanes of at least 4 members (excludes halogenated alkanes) is 1. The van der Waals surface area contributed by atoms with E-state index < -0.39 is 0 Å². The summed E-state index contributed by atoms with van der Waals surface area (Å²) in [7, 11) is 0. The molecule has 0 atom stereocenters. The van der Waals surface area contributed by atoms with E-state index in [9.17, 15) is 9.90 Å². The highest BCUT2D eigenvalue weighted by Crippen LogP contribution is 2.16. The van der Waals surface area contributed by atoms with Crippen molar-refractivity contribution in [3.8, 4) is 5.75 Å². The molecule has 0 aliphatic carbocycles. The minimum absolute atomic E-state index is 0.0341. The van der Waals surface area contributed by atoms with Gasteiger partial charge in [0, 0.05) is 13.0 Å². The van der Waals surface area contributed by atoms with E-state index in [1.165, 1.54) is 6.42 Å². The fraction of sp³-hybridized carbons (Fsp3) is 0.632. The molecule has 0 fully saturated rings. The average Bonchev–Trinajstić information content (AvgIpc) is 2.62. The van der Waals surface area contributed by atoms with E-state index in [2.05, 4.69) is 16.0 Å². The number of phenols is 1. The van der Waals surface area contributed by atoms with Crippen LogP contribution in [0.5, 0.6) is 5.75 Å². The summed E-state index contributed by atoms with van der Waals surface area (Å²) in [4.78, 5) is 11.8. The van der Waals surface area contributed by atoms with Gasteiger partial charge in [-0.05, 0) is 76.5 Å². The summed E-state index contributed by atoms with van der Waals surface area (Å²) >= 11 is 0. The number of para-hydroxylation sites is 1. The van der Waals surface area contributed by atoms with Crippen molar-refractivity contribution in [3.05, 3.63) is 29.8 Å². The molecule has 1 amide bonds. The lowest BCUT2D eigenvalue weighted by molar-refractivity contribution is -0.121. The maximum Gasteiger partial charge on any atom is 0.220 e. The molecule has 0 heterocycles. The van der Waals surface area contributed by atoms with Crippen LogP contribution in [0.1, 0.15) is 37.7 Å². The van der Waals surface area contributed by atoms with Crippen LogP contribution >= 0.6 is 0 Å². The molecular weight excluding hydrogens is 316 g/mol. The SMILES string of the molecule is NCCCNCCCCNCCCNC(=O)CCc1ccccc1O. The van der Waals surface area contributed by atoms with Crippen molar-refractivity contribution < 1.29 is 9.90 Å². The van der Waals surface area contributed by atoms with Gasteiger partial charge in [-0.1, -0.05) is 18.2 Å². The number of nitrogens with one attached hydrogen (secondary N) is 3. The average molecular weight is 351 g/mol. The van der Waals surface area contributed by atoms with Crippen LogP contribution in [-0.4, -0.2) is 50.3 Å². The van der Waals surface area contributed by atoms with Gasteiger partial charge in [0.25, 0.3) is 0 Å². The summed E-state index contributed by atoms with van der Waals surface area (Å²) in [5, 5.41) is 19.3. The zero-order chi connectivity index (χ0) is 18.2.